The first-order valence-electron chi connectivity index (χ1n) is 9.80. The summed E-state index contributed by atoms with van der Waals surface area (Å²) in [4.78, 5) is 23.4. The maximum atomic E-state index is 12.0. The fourth-order valence-corrected chi connectivity index (χ4v) is 3.81. The number of amides is 2. The average molecular weight is 409 g/mol. The first kappa shape index (κ1) is 22.4. The van der Waals surface area contributed by atoms with Gasteiger partial charge in [0.05, 0.1) is 7.11 Å². The number of nitrogens with zero attached hydrogens (tertiary/aromatic N) is 2. The van der Waals surface area contributed by atoms with Crippen LogP contribution >= 0.6 is 0 Å². The smallest absolute Gasteiger partial charge is 0.303 e. The molecule has 162 valence electrons. The number of nitrogens with one attached hydrogen (secondary N) is 2. The molecule has 2 amide bonds. The highest BCUT2D eigenvalue weighted by Crippen LogP contribution is 2.50. The summed E-state index contributed by atoms with van der Waals surface area (Å²) >= 11 is 0. The van der Waals surface area contributed by atoms with Crippen LogP contribution in [-0.4, -0.2) is 46.8 Å². The van der Waals surface area contributed by atoms with E-state index in [-0.39, 0.29) is 47.9 Å². The summed E-state index contributed by atoms with van der Waals surface area (Å²) < 4.78 is 6.13. The van der Waals surface area contributed by atoms with Gasteiger partial charge in [-0.3, -0.25) is 14.2 Å². The lowest BCUT2D eigenvalue weighted by molar-refractivity contribution is -0.121. The molecule has 0 aliphatic heterocycles. The summed E-state index contributed by atoms with van der Waals surface area (Å²) in [5.41, 5.74) is 9.13. The van der Waals surface area contributed by atoms with Crippen molar-refractivity contribution in [2.24, 2.45) is 10.8 Å². The van der Waals surface area contributed by atoms with Crippen molar-refractivity contribution in [1.29, 1.82) is 0 Å². The van der Waals surface area contributed by atoms with Gasteiger partial charge in [0.25, 0.3) is 0 Å². The molecule has 1 aliphatic carbocycles. The molecule has 1 aromatic rings. The van der Waals surface area contributed by atoms with Gasteiger partial charge in [-0.15, -0.1) is 5.10 Å². The van der Waals surface area contributed by atoms with E-state index in [4.69, 9.17) is 5.73 Å². The van der Waals surface area contributed by atoms with Crippen molar-refractivity contribution < 1.29 is 24.5 Å². The van der Waals surface area contributed by atoms with E-state index in [9.17, 15) is 19.8 Å². The van der Waals surface area contributed by atoms with Crippen molar-refractivity contribution in [3.63, 3.8) is 0 Å². The minimum atomic E-state index is -0.307. The third-order valence-corrected chi connectivity index (χ3v) is 5.42. The molecule has 0 spiro atoms. The molecule has 2 atom stereocenters. The molecule has 1 aromatic heterocycles. The first-order valence-corrected chi connectivity index (χ1v) is 9.80. The molecule has 2 rings (SSSR count). The van der Waals surface area contributed by atoms with E-state index in [1.54, 1.807) is 7.05 Å². The second-order valence-electron chi connectivity index (χ2n) is 7.31. The van der Waals surface area contributed by atoms with Crippen LogP contribution in [0.25, 0.3) is 0 Å². The second-order valence-corrected chi connectivity index (χ2v) is 7.31. The van der Waals surface area contributed by atoms with Crippen molar-refractivity contribution in [3.8, 4) is 11.8 Å². The normalized spacial score (nSPS) is 18.8. The van der Waals surface area contributed by atoms with Crippen LogP contribution in [-0.2, 0) is 20.9 Å². The van der Waals surface area contributed by atoms with Gasteiger partial charge in [-0.05, 0) is 37.5 Å². The highest BCUT2D eigenvalue weighted by Gasteiger charge is 2.34. The number of fused-ring (bicyclic) bond motifs is 1. The number of ether oxygens (including phenoxy) is 1. The van der Waals surface area contributed by atoms with E-state index in [0.29, 0.717) is 31.4 Å². The molecule has 29 heavy (non-hydrogen) atoms. The molecule has 1 heterocycles. The third-order valence-electron chi connectivity index (χ3n) is 5.42. The number of carbonyl (C=O) groups excluding carboxylic acids is 2. The van der Waals surface area contributed by atoms with E-state index in [2.05, 4.69) is 20.6 Å². The molecule has 0 bridgehead atoms. The fourth-order valence-electron chi connectivity index (χ4n) is 3.81. The standard InChI is InChI=1S/C19H31N5O5/c1-11-6-7-12(8-9-14(26)22-23-19(20)29-3)16-15(11)17(27)24(18(16)28)10-4-5-13(25)21-2/h11-12,27-28H,4-10H2,1-3H3,(H2,20,23)(H,21,25)(H,22,26). The van der Waals surface area contributed by atoms with E-state index in [1.165, 1.54) is 11.7 Å². The van der Waals surface area contributed by atoms with E-state index in [1.807, 2.05) is 6.92 Å². The molecule has 0 radical (unpaired) electrons. The Labute approximate surface area is 170 Å². The quantitative estimate of drug-likeness (QED) is 0.247. The minimum absolute atomic E-state index is 0.0213. The number of hydrazone groups is 1. The Morgan fingerprint density at radius 1 is 1.21 bits per heavy atom. The van der Waals surface area contributed by atoms with Crippen LogP contribution in [0.15, 0.2) is 5.10 Å². The topological polar surface area (TPSA) is 151 Å². The zero-order chi connectivity index (χ0) is 21.6. The molecule has 0 saturated carbocycles. The number of aromatic nitrogens is 1. The SMILES string of the molecule is CNC(=O)CCCn1c(O)c2c(c1O)C(CCC(=O)NN=C(N)OC)CCC2C. The zero-order valence-corrected chi connectivity index (χ0v) is 17.2. The molecule has 0 saturated heterocycles. The summed E-state index contributed by atoms with van der Waals surface area (Å²) in [5, 5.41) is 27.6. The fraction of sp³-hybridized carbons (Fsp3) is 0.632. The van der Waals surface area contributed by atoms with Gasteiger partial charge in [0.15, 0.2) is 11.8 Å². The lowest BCUT2D eigenvalue weighted by Gasteiger charge is -2.26. The van der Waals surface area contributed by atoms with Crippen LogP contribution in [0, 0.1) is 0 Å². The van der Waals surface area contributed by atoms with Crippen molar-refractivity contribution >= 4 is 17.8 Å². The molecular weight excluding hydrogens is 378 g/mol. The number of hydrogen-bond acceptors (Lipinski definition) is 6. The minimum Gasteiger partial charge on any atom is -0.494 e. The van der Waals surface area contributed by atoms with Crippen molar-refractivity contribution in [2.45, 2.75) is 63.8 Å². The van der Waals surface area contributed by atoms with Gasteiger partial charge < -0.3 is 26.0 Å². The Hall–Kier alpha value is -2.91. The van der Waals surface area contributed by atoms with Crippen LogP contribution < -0.4 is 16.5 Å². The Bertz CT molecular complexity index is 774. The van der Waals surface area contributed by atoms with Gasteiger partial charge >= 0.3 is 6.02 Å². The number of carbonyl (C=O) groups is 2. The molecule has 1 aliphatic rings. The Balaban J connectivity index is 2.12. The van der Waals surface area contributed by atoms with Gasteiger partial charge in [-0.25, -0.2) is 5.43 Å². The van der Waals surface area contributed by atoms with Gasteiger partial charge in [0.2, 0.25) is 11.8 Å². The zero-order valence-electron chi connectivity index (χ0n) is 17.2. The maximum Gasteiger partial charge on any atom is 0.303 e. The molecule has 2 unspecified atom stereocenters. The number of aromatic hydroxyl groups is 2. The Morgan fingerprint density at radius 3 is 2.55 bits per heavy atom. The maximum absolute atomic E-state index is 12.0. The van der Waals surface area contributed by atoms with Crippen molar-refractivity contribution in [3.05, 3.63) is 11.1 Å². The van der Waals surface area contributed by atoms with Crippen molar-refractivity contribution in [2.75, 3.05) is 14.2 Å². The summed E-state index contributed by atoms with van der Waals surface area (Å²) in [6.07, 6.45) is 3.16. The van der Waals surface area contributed by atoms with Crippen LogP contribution in [0.2, 0.25) is 0 Å². The summed E-state index contributed by atoms with van der Waals surface area (Å²) in [6.45, 7) is 2.35. The Morgan fingerprint density at radius 2 is 1.90 bits per heavy atom. The summed E-state index contributed by atoms with van der Waals surface area (Å²) in [5.74, 6) is -0.274. The van der Waals surface area contributed by atoms with E-state index in [0.717, 1.165) is 18.4 Å². The van der Waals surface area contributed by atoms with Crippen LogP contribution in [0.4, 0.5) is 0 Å². The van der Waals surface area contributed by atoms with Gasteiger partial charge in [0, 0.05) is 37.6 Å². The number of amidine groups is 1. The van der Waals surface area contributed by atoms with Gasteiger partial charge in [-0.1, -0.05) is 6.92 Å². The van der Waals surface area contributed by atoms with Gasteiger partial charge in [0.1, 0.15) is 0 Å². The van der Waals surface area contributed by atoms with Crippen LogP contribution in [0.3, 0.4) is 0 Å². The molecule has 0 aromatic carbocycles. The monoisotopic (exact) mass is 409 g/mol. The lowest BCUT2D eigenvalue weighted by atomic mass is 9.77. The van der Waals surface area contributed by atoms with Crippen LogP contribution in [0.5, 0.6) is 11.8 Å². The molecule has 6 N–H and O–H groups in total. The summed E-state index contributed by atoms with van der Waals surface area (Å²) in [6, 6.07) is -0.136. The number of hydrogen-bond donors (Lipinski definition) is 5. The van der Waals surface area contributed by atoms with Crippen molar-refractivity contribution in [1.82, 2.24) is 15.3 Å². The predicted octanol–water partition coefficient (Wildman–Crippen LogP) is 1.18. The molecular formula is C19H31N5O5. The van der Waals surface area contributed by atoms with E-state index < -0.39 is 0 Å². The Kier molecular flexibility index (Phi) is 7.74. The second kappa shape index (κ2) is 10.0. The molecule has 10 heteroatoms. The third kappa shape index (κ3) is 5.33. The predicted molar refractivity (Wildman–Crippen MR) is 107 cm³/mol. The highest BCUT2D eigenvalue weighted by atomic mass is 16.5. The highest BCUT2D eigenvalue weighted by molar-refractivity contribution is 5.79. The largest absolute Gasteiger partial charge is 0.494 e. The lowest BCUT2D eigenvalue weighted by Crippen LogP contribution is -2.24. The number of methoxy groups -OCH3 is 1. The number of rotatable bonds is 8. The molecule has 0 fully saturated rings. The first-order chi connectivity index (χ1) is 13.8. The average Bonchev–Trinajstić information content (AvgIpc) is 2.97. The molecule has 10 nitrogen and oxygen atoms in total. The number of nitrogens with two attached hydrogens (primary N) is 1. The summed E-state index contributed by atoms with van der Waals surface area (Å²) in [7, 11) is 2.92. The van der Waals surface area contributed by atoms with E-state index >= 15 is 0 Å². The van der Waals surface area contributed by atoms with Gasteiger partial charge in [-0.2, -0.15) is 0 Å². The van der Waals surface area contributed by atoms with Crippen LogP contribution in [0.1, 0.15) is 68.4 Å².